The van der Waals surface area contributed by atoms with E-state index in [1.54, 1.807) is 0 Å². The van der Waals surface area contributed by atoms with Crippen molar-refractivity contribution in [2.24, 2.45) is 5.10 Å². The monoisotopic (exact) mass is 291 g/mol. The van der Waals surface area contributed by atoms with Gasteiger partial charge >= 0.3 is 0 Å². The highest BCUT2D eigenvalue weighted by molar-refractivity contribution is 5.97. The van der Waals surface area contributed by atoms with Gasteiger partial charge in [0.25, 0.3) is 18.8 Å². The molecule has 1 aromatic heterocycles. The zero-order chi connectivity index (χ0) is 14.9. The first-order valence-corrected chi connectivity index (χ1v) is 5.48. The number of pyridine rings is 1. The van der Waals surface area contributed by atoms with Gasteiger partial charge in [-0.15, -0.1) is 0 Å². The lowest BCUT2D eigenvalue weighted by atomic mass is 10.1. The standard InChI is InChI=1S/C11H9F4N3O2/c12-8(13)7-5-11(20,10(14)15)18(17-7)9(19)6-3-1-2-4-16-6/h1-4,8,10,20H,5H2/t11-/m0/s1. The number of rotatable bonds is 3. The number of aromatic nitrogens is 1. The van der Waals surface area contributed by atoms with Crippen LogP contribution in [0.3, 0.4) is 0 Å². The number of aliphatic hydroxyl groups is 1. The van der Waals surface area contributed by atoms with Gasteiger partial charge in [0.1, 0.15) is 11.4 Å². The van der Waals surface area contributed by atoms with E-state index in [1.165, 1.54) is 24.4 Å². The molecule has 0 unspecified atom stereocenters. The van der Waals surface area contributed by atoms with Crippen LogP contribution in [0.15, 0.2) is 29.5 Å². The van der Waals surface area contributed by atoms with Crippen molar-refractivity contribution in [2.45, 2.75) is 25.0 Å². The van der Waals surface area contributed by atoms with Gasteiger partial charge < -0.3 is 5.11 Å². The minimum Gasteiger partial charge on any atom is -0.364 e. The molecule has 0 saturated heterocycles. The first kappa shape index (κ1) is 14.4. The van der Waals surface area contributed by atoms with Gasteiger partial charge in [0.05, 0.1) is 0 Å². The van der Waals surface area contributed by atoms with E-state index >= 15 is 0 Å². The van der Waals surface area contributed by atoms with Gasteiger partial charge in [0.2, 0.25) is 5.72 Å². The fraction of sp³-hybridized carbons (Fsp3) is 0.364. The molecule has 1 amide bonds. The molecule has 0 spiro atoms. The van der Waals surface area contributed by atoms with Crippen LogP contribution in [0, 0.1) is 0 Å². The van der Waals surface area contributed by atoms with Crippen molar-refractivity contribution in [3.05, 3.63) is 30.1 Å². The average molecular weight is 291 g/mol. The number of carbonyl (C=O) groups excluding carboxylic acids is 1. The lowest BCUT2D eigenvalue weighted by Crippen LogP contribution is -2.51. The molecule has 20 heavy (non-hydrogen) atoms. The van der Waals surface area contributed by atoms with Crippen LogP contribution in [0.1, 0.15) is 16.9 Å². The Morgan fingerprint density at radius 2 is 2.05 bits per heavy atom. The molecule has 0 bridgehead atoms. The summed E-state index contributed by atoms with van der Waals surface area (Å²) in [7, 11) is 0. The van der Waals surface area contributed by atoms with Crippen LogP contribution in [-0.4, -0.2) is 45.3 Å². The molecule has 2 rings (SSSR count). The van der Waals surface area contributed by atoms with Crippen molar-refractivity contribution in [3.8, 4) is 0 Å². The quantitative estimate of drug-likeness (QED) is 0.858. The molecule has 5 nitrogen and oxygen atoms in total. The highest BCUT2D eigenvalue weighted by atomic mass is 19.3. The van der Waals surface area contributed by atoms with Crippen molar-refractivity contribution in [1.29, 1.82) is 0 Å². The third-order valence-corrected chi connectivity index (χ3v) is 2.71. The zero-order valence-electron chi connectivity index (χ0n) is 9.88. The maximum absolute atomic E-state index is 12.9. The summed E-state index contributed by atoms with van der Waals surface area (Å²) in [5.74, 6) is -1.18. The van der Waals surface area contributed by atoms with Gasteiger partial charge in [0, 0.05) is 12.6 Å². The third-order valence-electron chi connectivity index (χ3n) is 2.71. The SMILES string of the molecule is O=C(c1ccccn1)N1N=C(C(F)F)C[C@]1(O)C(F)F. The van der Waals surface area contributed by atoms with Crippen LogP contribution < -0.4 is 0 Å². The number of halogens is 4. The van der Waals surface area contributed by atoms with E-state index in [4.69, 9.17) is 0 Å². The van der Waals surface area contributed by atoms with Gasteiger partial charge in [-0.1, -0.05) is 6.07 Å². The molecule has 0 saturated carbocycles. The Morgan fingerprint density at radius 3 is 2.55 bits per heavy atom. The Hall–Kier alpha value is -2.03. The summed E-state index contributed by atoms with van der Waals surface area (Å²) in [4.78, 5) is 15.6. The van der Waals surface area contributed by atoms with Crippen LogP contribution >= 0.6 is 0 Å². The molecule has 1 aliphatic heterocycles. The molecule has 0 aliphatic carbocycles. The number of alkyl halides is 4. The van der Waals surface area contributed by atoms with E-state index in [0.717, 1.165) is 0 Å². The second-order valence-corrected chi connectivity index (χ2v) is 4.08. The maximum atomic E-state index is 12.9. The molecule has 1 N–H and O–H groups in total. The summed E-state index contributed by atoms with van der Waals surface area (Å²) in [6.45, 7) is 0. The summed E-state index contributed by atoms with van der Waals surface area (Å²) in [6, 6.07) is 4.09. The van der Waals surface area contributed by atoms with E-state index in [1.807, 2.05) is 0 Å². The zero-order valence-corrected chi connectivity index (χ0v) is 9.88. The Bertz CT molecular complexity index is 538. The highest BCUT2D eigenvalue weighted by Crippen LogP contribution is 2.33. The molecule has 1 aromatic rings. The highest BCUT2D eigenvalue weighted by Gasteiger charge is 2.53. The topological polar surface area (TPSA) is 65.8 Å². The Morgan fingerprint density at radius 1 is 1.35 bits per heavy atom. The summed E-state index contributed by atoms with van der Waals surface area (Å²) in [6.07, 6.45) is -6.47. The summed E-state index contributed by atoms with van der Waals surface area (Å²) in [5.41, 5.74) is -4.34. The Kier molecular flexibility index (Phi) is 3.71. The van der Waals surface area contributed by atoms with Crippen LogP contribution in [0.5, 0.6) is 0 Å². The number of nitrogens with zero attached hydrogens (tertiary/aromatic N) is 3. The van der Waals surface area contributed by atoms with Crippen LogP contribution in [0.25, 0.3) is 0 Å². The lowest BCUT2D eigenvalue weighted by molar-refractivity contribution is -0.164. The van der Waals surface area contributed by atoms with Gasteiger partial charge in [-0.25, -0.2) is 17.6 Å². The van der Waals surface area contributed by atoms with Crippen LogP contribution in [0.4, 0.5) is 17.6 Å². The minimum atomic E-state index is -3.45. The van der Waals surface area contributed by atoms with Crippen molar-refractivity contribution < 1.29 is 27.5 Å². The number of carbonyl (C=O) groups is 1. The van der Waals surface area contributed by atoms with Crippen molar-refractivity contribution >= 4 is 11.6 Å². The molecular weight excluding hydrogens is 282 g/mol. The van der Waals surface area contributed by atoms with Gasteiger partial charge in [-0.2, -0.15) is 10.1 Å². The van der Waals surface area contributed by atoms with Crippen LogP contribution in [0.2, 0.25) is 0 Å². The molecule has 9 heteroatoms. The molecule has 0 fully saturated rings. The van der Waals surface area contributed by atoms with E-state index in [9.17, 15) is 27.5 Å². The van der Waals surface area contributed by atoms with E-state index in [0.29, 0.717) is 0 Å². The van der Waals surface area contributed by atoms with E-state index < -0.39 is 36.6 Å². The molecule has 108 valence electrons. The largest absolute Gasteiger partial charge is 0.364 e. The van der Waals surface area contributed by atoms with Gasteiger partial charge in [0.15, 0.2) is 0 Å². The van der Waals surface area contributed by atoms with Crippen LogP contribution in [-0.2, 0) is 0 Å². The third kappa shape index (κ3) is 2.36. The van der Waals surface area contributed by atoms with Crippen molar-refractivity contribution in [1.82, 2.24) is 9.99 Å². The predicted octanol–water partition coefficient (Wildman–Crippen LogP) is 1.50. The molecular formula is C11H9F4N3O2. The number of hydrogen-bond donors (Lipinski definition) is 1. The molecule has 0 aromatic carbocycles. The fourth-order valence-electron chi connectivity index (χ4n) is 1.70. The normalized spacial score (nSPS) is 22.6. The number of amides is 1. The van der Waals surface area contributed by atoms with E-state index in [-0.39, 0.29) is 10.7 Å². The van der Waals surface area contributed by atoms with Crippen molar-refractivity contribution in [2.75, 3.05) is 0 Å². The van der Waals surface area contributed by atoms with E-state index in [2.05, 4.69) is 10.1 Å². The smallest absolute Gasteiger partial charge is 0.295 e. The first-order chi connectivity index (χ1) is 9.36. The lowest BCUT2D eigenvalue weighted by Gasteiger charge is -2.29. The average Bonchev–Trinajstić information content (AvgIpc) is 2.79. The fourth-order valence-corrected chi connectivity index (χ4v) is 1.70. The van der Waals surface area contributed by atoms with Gasteiger partial charge in [-0.3, -0.25) is 9.78 Å². The van der Waals surface area contributed by atoms with Crippen molar-refractivity contribution in [3.63, 3.8) is 0 Å². The second kappa shape index (κ2) is 5.16. The summed E-state index contributed by atoms with van der Waals surface area (Å²) in [5, 5.41) is 12.9. The number of hydrogen-bond acceptors (Lipinski definition) is 4. The molecule has 0 radical (unpaired) electrons. The Balaban J connectivity index is 2.38. The first-order valence-electron chi connectivity index (χ1n) is 5.48. The second-order valence-electron chi connectivity index (χ2n) is 4.08. The minimum absolute atomic E-state index is 0.0263. The molecule has 2 heterocycles. The molecule has 1 atom stereocenters. The molecule has 1 aliphatic rings. The summed E-state index contributed by atoms with van der Waals surface area (Å²) < 4.78 is 50.9. The Labute approximate surface area is 110 Å². The predicted molar refractivity (Wildman–Crippen MR) is 59.4 cm³/mol. The van der Waals surface area contributed by atoms with Gasteiger partial charge in [-0.05, 0) is 12.1 Å². The maximum Gasteiger partial charge on any atom is 0.295 e. The summed E-state index contributed by atoms with van der Waals surface area (Å²) >= 11 is 0. The number of hydrazone groups is 1.